The third-order valence-corrected chi connectivity index (χ3v) is 5.52. The van der Waals surface area contributed by atoms with Gasteiger partial charge in [0.25, 0.3) is 5.91 Å². The Balaban J connectivity index is 1.34. The van der Waals surface area contributed by atoms with E-state index in [-0.39, 0.29) is 24.7 Å². The lowest BCUT2D eigenvalue weighted by Crippen LogP contribution is -2.44. The van der Waals surface area contributed by atoms with Crippen LogP contribution in [0.15, 0.2) is 60.8 Å². The number of nitrogen functional groups attached to an aromatic ring is 1. The van der Waals surface area contributed by atoms with Crippen molar-refractivity contribution in [1.82, 2.24) is 4.98 Å². The normalized spacial score (nSPS) is 16.6. The van der Waals surface area contributed by atoms with Crippen LogP contribution in [0.4, 0.5) is 22.0 Å². The fraction of sp³-hybridized carbons (Fsp3) is 0.286. The average molecular weight is 519 g/mol. The van der Waals surface area contributed by atoms with Gasteiger partial charge in [-0.2, -0.15) is 0 Å². The largest absolute Gasteiger partial charge is 0.489 e. The SMILES string of the molecule is CC(C)(C)OC(=O)Nc1ccc2c(c1)C(=O)CC(C)(COc1ccc(NC(=O)c3ccc(N)nc3)cc1)O2. The number of pyridine rings is 1. The molecule has 0 aliphatic carbocycles. The van der Waals surface area contributed by atoms with Crippen molar-refractivity contribution in [3.63, 3.8) is 0 Å². The highest BCUT2D eigenvalue weighted by Crippen LogP contribution is 2.35. The number of rotatable bonds is 6. The molecule has 10 heteroatoms. The molecule has 0 saturated heterocycles. The molecule has 2 heterocycles. The zero-order valence-corrected chi connectivity index (χ0v) is 21.7. The molecule has 198 valence electrons. The number of hydrogen-bond donors (Lipinski definition) is 3. The first-order valence-corrected chi connectivity index (χ1v) is 12.0. The maximum atomic E-state index is 12.9. The highest BCUT2D eigenvalue weighted by atomic mass is 16.6. The van der Waals surface area contributed by atoms with Gasteiger partial charge in [-0.3, -0.25) is 14.9 Å². The van der Waals surface area contributed by atoms with E-state index in [4.69, 9.17) is 19.9 Å². The lowest BCUT2D eigenvalue weighted by atomic mass is 9.92. The van der Waals surface area contributed by atoms with Gasteiger partial charge in [0.1, 0.15) is 35.1 Å². The first kappa shape index (κ1) is 26.5. The number of fused-ring (bicyclic) bond motifs is 1. The minimum absolute atomic E-state index is 0.0969. The number of carbonyl (C=O) groups is 3. The molecule has 2 aromatic carbocycles. The van der Waals surface area contributed by atoms with Crippen LogP contribution in [0.2, 0.25) is 0 Å². The van der Waals surface area contributed by atoms with Crippen LogP contribution in [0.25, 0.3) is 0 Å². The minimum atomic E-state index is -0.890. The summed E-state index contributed by atoms with van der Waals surface area (Å²) in [6, 6.07) is 14.9. The number of nitrogens with two attached hydrogens (primary N) is 1. The minimum Gasteiger partial charge on any atom is -0.489 e. The molecule has 0 bridgehead atoms. The van der Waals surface area contributed by atoms with E-state index in [1.165, 1.54) is 6.20 Å². The van der Waals surface area contributed by atoms with Crippen LogP contribution in [0, 0.1) is 0 Å². The van der Waals surface area contributed by atoms with E-state index in [9.17, 15) is 14.4 Å². The number of ether oxygens (including phenoxy) is 3. The maximum Gasteiger partial charge on any atom is 0.412 e. The molecule has 4 rings (SSSR count). The van der Waals surface area contributed by atoms with Gasteiger partial charge in [-0.15, -0.1) is 0 Å². The van der Waals surface area contributed by atoms with E-state index >= 15 is 0 Å². The van der Waals surface area contributed by atoms with Crippen LogP contribution in [-0.2, 0) is 4.74 Å². The Morgan fingerprint density at radius 3 is 2.42 bits per heavy atom. The number of nitrogens with zero attached hydrogens (tertiary/aromatic N) is 1. The van der Waals surface area contributed by atoms with E-state index in [0.717, 1.165) is 0 Å². The van der Waals surface area contributed by atoms with Crippen molar-refractivity contribution in [2.75, 3.05) is 23.0 Å². The van der Waals surface area contributed by atoms with E-state index in [0.29, 0.717) is 39.8 Å². The molecule has 0 saturated carbocycles. The smallest absolute Gasteiger partial charge is 0.412 e. The van der Waals surface area contributed by atoms with Gasteiger partial charge >= 0.3 is 6.09 Å². The summed E-state index contributed by atoms with van der Waals surface area (Å²) in [6.45, 7) is 7.24. The molecule has 1 unspecified atom stereocenters. The van der Waals surface area contributed by atoms with Gasteiger partial charge in [-0.1, -0.05) is 0 Å². The summed E-state index contributed by atoms with van der Waals surface area (Å²) in [7, 11) is 0. The monoisotopic (exact) mass is 518 g/mol. The number of hydrogen-bond acceptors (Lipinski definition) is 8. The molecule has 1 aliphatic rings. The van der Waals surface area contributed by atoms with E-state index in [1.54, 1.807) is 82.3 Å². The van der Waals surface area contributed by atoms with Crippen molar-refractivity contribution in [3.05, 3.63) is 71.9 Å². The number of amides is 2. The Hall–Kier alpha value is -4.60. The molecule has 0 spiro atoms. The molecular weight excluding hydrogens is 488 g/mol. The Kier molecular flexibility index (Phi) is 7.25. The number of carbonyl (C=O) groups excluding carboxylic acids is 3. The van der Waals surface area contributed by atoms with E-state index in [1.807, 2.05) is 0 Å². The maximum absolute atomic E-state index is 12.9. The first-order valence-electron chi connectivity index (χ1n) is 12.0. The summed E-state index contributed by atoms with van der Waals surface area (Å²) in [5.41, 5.74) is 5.82. The van der Waals surface area contributed by atoms with Gasteiger partial charge in [-0.25, -0.2) is 9.78 Å². The number of ketones is 1. The molecule has 2 amide bonds. The topological polar surface area (TPSA) is 142 Å². The van der Waals surface area contributed by atoms with Gasteiger partial charge in [0.15, 0.2) is 5.78 Å². The van der Waals surface area contributed by atoms with Crippen LogP contribution in [0.5, 0.6) is 11.5 Å². The molecule has 1 aromatic heterocycles. The Morgan fingerprint density at radius 2 is 1.76 bits per heavy atom. The predicted octanol–water partition coefficient (Wildman–Crippen LogP) is 5.07. The van der Waals surface area contributed by atoms with Crippen LogP contribution < -0.4 is 25.8 Å². The summed E-state index contributed by atoms with van der Waals surface area (Å²) >= 11 is 0. The van der Waals surface area contributed by atoms with Crippen molar-refractivity contribution in [1.29, 1.82) is 0 Å². The quantitative estimate of drug-likeness (QED) is 0.411. The number of nitrogens with one attached hydrogen (secondary N) is 2. The molecule has 0 fully saturated rings. The van der Waals surface area contributed by atoms with E-state index in [2.05, 4.69) is 15.6 Å². The fourth-order valence-electron chi connectivity index (χ4n) is 3.77. The molecule has 10 nitrogen and oxygen atoms in total. The van der Waals surface area contributed by atoms with Crippen molar-refractivity contribution in [2.24, 2.45) is 0 Å². The first-order chi connectivity index (χ1) is 17.9. The number of Topliss-reactive ketones (excluding diaryl/α,β-unsaturated/α-hetero) is 1. The molecule has 3 aromatic rings. The van der Waals surface area contributed by atoms with Crippen molar-refractivity contribution in [3.8, 4) is 11.5 Å². The van der Waals surface area contributed by atoms with Gasteiger partial charge in [0, 0.05) is 17.6 Å². The van der Waals surface area contributed by atoms with Gasteiger partial charge in [0.2, 0.25) is 0 Å². The Morgan fingerprint density at radius 1 is 1.05 bits per heavy atom. The molecule has 1 atom stereocenters. The molecular formula is C28H30N4O6. The fourth-order valence-corrected chi connectivity index (χ4v) is 3.77. The Bertz CT molecular complexity index is 1350. The lowest BCUT2D eigenvalue weighted by Gasteiger charge is -2.34. The van der Waals surface area contributed by atoms with Gasteiger partial charge < -0.3 is 25.3 Å². The van der Waals surface area contributed by atoms with Crippen LogP contribution in [0.1, 0.15) is 54.8 Å². The van der Waals surface area contributed by atoms with Gasteiger partial charge in [0.05, 0.1) is 17.5 Å². The summed E-state index contributed by atoms with van der Waals surface area (Å²) in [6.07, 6.45) is 0.900. The van der Waals surface area contributed by atoms with Crippen molar-refractivity contribution >= 4 is 35.0 Å². The highest BCUT2D eigenvalue weighted by molar-refractivity contribution is 6.04. The van der Waals surface area contributed by atoms with Gasteiger partial charge in [-0.05, 0) is 82.3 Å². The highest BCUT2D eigenvalue weighted by Gasteiger charge is 2.37. The lowest BCUT2D eigenvalue weighted by molar-refractivity contribution is 0.0190. The third-order valence-electron chi connectivity index (χ3n) is 5.52. The molecule has 1 aliphatic heterocycles. The van der Waals surface area contributed by atoms with E-state index < -0.39 is 17.3 Å². The zero-order valence-electron chi connectivity index (χ0n) is 21.7. The summed E-state index contributed by atoms with van der Waals surface area (Å²) in [5, 5.41) is 5.42. The summed E-state index contributed by atoms with van der Waals surface area (Å²) in [5.74, 6) is 0.870. The van der Waals surface area contributed by atoms with Crippen LogP contribution in [0.3, 0.4) is 0 Å². The predicted molar refractivity (Wildman–Crippen MR) is 143 cm³/mol. The second-order valence-electron chi connectivity index (χ2n) is 10.2. The number of benzene rings is 2. The Labute approximate surface area is 220 Å². The molecule has 4 N–H and O–H groups in total. The molecule has 38 heavy (non-hydrogen) atoms. The second kappa shape index (κ2) is 10.4. The third kappa shape index (κ3) is 6.78. The standard InChI is InChI=1S/C28H30N4O6/c1-27(2,3)38-26(35)32-19-8-11-23-21(13-19)22(33)14-28(4,37-23)16-36-20-9-6-18(7-10-20)31-25(34)17-5-12-24(29)30-15-17/h5-13,15H,14,16H2,1-4H3,(H2,29,30)(H,31,34)(H,32,35). The second-order valence-corrected chi connectivity index (χ2v) is 10.2. The van der Waals surface area contributed by atoms with Crippen molar-refractivity contribution in [2.45, 2.75) is 45.3 Å². The van der Waals surface area contributed by atoms with Crippen molar-refractivity contribution < 1.29 is 28.6 Å². The molecule has 0 radical (unpaired) electrons. The summed E-state index contributed by atoms with van der Waals surface area (Å²) in [4.78, 5) is 41.3. The number of anilines is 3. The summed E-state index contributed by atoms with van der Waals surface area (Å²) < 4.78 is 17.3. The van der Waals surface area contributed by atoms with Crippen LogP contribution in [-0.4, -0.2) is 40.6 Å². The van der Waals surface area contributed by atoms with Crippen LogP contribution >= 0.6 is 0 Å². The average Bonchev–Trinajstić information content (AvgIpc) is 2.83. The number of aromatic nitrogens is 1. The zero-order chi connectivity index (χ0) is 27.5.